The molecule has 0 atom stereocenters. The molecule has 1 fully saturated rings. The number of aromatic nitrogens is 2. The lowest BCUT2D eigenvalue weighted by Gasteiger charge is -2.28. The van der Waals surface area contributed by atoms with Gasteiger partial charge in [-0.2, -0.15) is 4.98 Å². The third kappa shape index (κ3) is 4.35. The topological polar surface area (TPSA) is 50.3 Å². The standard InChI is InChI=1S/C14H24N4O/c1-3-8-19-14-10-16-9-13(17-14)18(2)11-12-4-6-15-7-5-12/h9-10,12,15H,3-8,11H2,1-2H3. The Labute approximate surface area is 115 Å². The van der Waals surface area contributed by atoms with Gasteiger partial charge in [-0.05, 0) is 38.3 Å². The Balaban J connectivity index is 1.91. The summed E-state index contributed by atoms with van der Waals surface area (Å²) >= 11 is 0. The Morgan fingerprint density at radius 2 is 2.16 bits per heavy atom. The highest BCUT2D eigenvalue weighted by atomic mass is 16.5. The Morgan fingerprint density at radius 1 is 1.37 bits per heavy atom. The van der Waals surface area contributed by atoms with E-state index in [1.54, 1.807) is 12.4 Å². The molecule has 0 amide bonds. The molecule has 0 radical (unpaired) electrons. The number of hydrogen-bond donors (Lipinski definition) is 1. The van der Waals surface area contributed by atoms with Crippen molar-refractivity contribution in [3.8, 4) is 5.88 Å². The fourth-order valence-electron chi connectivity index (χ4n) is 2.34. The lowest BCUT2D eigenvalue weighted by molar-refractivity contribution is 0.303. The Bertz CT molecular complexity index is 379. The molecule has 5 nitrogen and oxygen atoms in total. The van der Waals surface area contributed by atoms with Gasteiger partial charge in [-0.1, -0.05) is 6.92 Å². The van der Waals surface area contributed by atoms with Gasteiger partial charge in [0.25, 0.3) is 0 Å². The molecular weight excluding hydrogens is 240 g/mol. The summed E-state index contributed by atoms with van der Waals surface area (Å²) in [6.07, 6.45) is 6.95. The van der Waals surface area contributed by atoms with Crippen LogP contribution >= 0.6 is 0 Å². The van der Waals surface area contributed by atoms with Crippen LogP contribution in [0.3, 0.4) is 0 Å². The molecule has 0 aliphatic carbocycles. The van der Waals surface area contributed by atoms with Crippen LogP contribution in [0.5, 0.6) is 5.88 Å². The molecule has 1 aliphatic rings. The van der Waals surface area contributed by atoms with Crippen molar-refractivity contribution in [3.63, 3.8) is 0 Å². The normalized spacial score (nSPS) is 16.3. The molecule has 0 spiro atoms. The molecule has 0 aromatic carbocycles. The summed E-state index contributed by atoms with van der Waals surface area (Å²) in [4.78, 5) is 10.9. The third-order valence-corrected chi connectivity index (χ3v) is 3.44. The van der Waals surface area contributed by atoms with Crippen molar-refractivity contribution >= 4 is 5.82 Å². The molecular formula is C14H24N4O. The van der Waals surface area contributed by atoms with E-state index in [1.165, 1.54) is 12.8 Å². The van der Waals surface area contributed by atoms with E-state index in [1.807, 2.05) is 0 Å². The summed E-state index contributed by atoms with van der Waals surface area (Å²) < 4.78 is 5.53. The molecule has 5 heteroatoms. The minimum Gasteiger partial charge on any atom is -0.477 e. The minimum absolute atomic E-state index is 0.622. The zero-order valence-corrected chi connectivity index (χ0v) is 11.9. The van der Waals surface area contributed by atoms with Crippen molar-refractivity contribution in [2.24, 2.45) is 5.92 Å². The Morgan fingerprint density at radius 3 is 2.89 bits per heavy atom. The molecule has 1 aromatic rings. The average molecular weight is 264 g/mol. The summed E-state index contributed by atoms with van der Waals surface area (Å²) in [7, 11) is 2.08. The maximum atomic E-state index is 5.53. The highest BCUT2D eigenvalue weighted by Gasteiger charge is 2.16. The highest BCUT2D eigenvalue weighted by molar-refractivity contribution is 5.36. The fraction of sp³-hybridized carbons (Fsp3) is 0.714. The zero-order chi connectivity index (χ0) is 13.5. The van der Waals surface area contributed by atoms with Gasteiger partial charge in [0, 0.05) is 13.6 Å². The second-order valence-corrected chi connectivity index (χ2v) is 5.14. The largest absolute Gasteiger partial charge is 0.477 e. The van der Waals surface area contributed by atoms with Crippen molar-refractivity contribution < 1.29 is 4.74 Å². The van der Waals surface area contributed by atoms with E-state index in [9.17, 15) is 0 Å². The van der Waals surface area contributed by atoms with Gasteiger partial charge >= 0.3 is 0 Å². The van der Waals surface area contributed by atoms with Gasteiger partial charge in [0.15, 0.2) is 5.82 Å². The summed E-state index contributed by atoms with van der Waals surface area (Å²) in [6, 6.07) is 0. The number of anilines is 1. The van der Waals surface area contributed by atoms with E-state index in [0.29, 0.717) is 12.5 Å². The van der Waals surface area contributed by atoms with Gasteiger partial charge in [-0.25, -0.2) is 0 Å². The third-order valence-electron chi connectivity index (χ3n) is 3.44. The summed E-state index contributed by atoms with van der Waals surface area (Å²) in [5.41, 5.74) is 0. The number of ether oxygens (including phenoxy) is 1. The van der Waals surface area contributed by atoms with E-state index >= 15 is 0 Å². The molecule has 2 rings (SSSR count). The summed E-state index contributed by atoms with van der Waals surface area (Å²) in [5, 5.41) is 3.39. The maximum absolute atomic E-state index is 5.53. The van der Waals surface area contributed by atoms with E-state index in [-0.39, 0.29) is 0 Å². The van der Waals surface area contributed by atoms with Crippen LogP contribution in [0.1, 0.15) is 26.2 Å². The van der Waals surface area contributed by atoms with Crippen LogP contribution in [-0.2, 0) is 0 Å². The maximum Gasteiger partial charge on any atom is 0.234 e. The van der Waals surface area contributed by atoms with Crippen LogP contribution in [-0.4, -0.2) is 43.3 Å². The number of nitrogens with zero attached hydrogens (tertiary/aromatic N) is 3. The molecule has 2 heterocycles. The smallest absolute Gasteiger partial charge is 0.234 e. The van der Waals surface area contributed by atoms with Gasteiger partial charge in [0.05, 0.1) is 19.0 Å². The first-order valence-electron chi connectivity index (χ1n) is 7.16. The van der Waals surface area contributed by atoms with Crippen LogP contribution in [0.15, 0.2) is 12.4 Å². The van der Waals surface area contributed by atoms with E-state index < -0.39 is 0 Å². The SMILES string of the molecule is CCCOc1cncc(N(C)CC2CCNCC2)n1. The zero-order valence-electron chi connectivity index (χ0n) is 11.9. The Hall–Kier alpha value is -1.36. The van der Waals surface area contributed by atoms with Crippen LogP contribution in [0.4, 0.5) is 5.82 Å². The molecule has 1 aromatic heterocycles. The van der Waals surface area contributed by atoms with E-state index in [0.717, 1.165) is 37.8 Å². The molecule has 1 N–H and O–H groups in total. The van der Waals surface area contributed by atoms with Gasteiger partial charge in [-0.15, -0.1) is 0 Å². The number of rotatable bonds is 6. The quantitative estimate of drug-likeness (QED) is 0.847. The van der Waals surface area contributed by atoms with Crippen molar-refractivity contribution in [1.82, 2.24) is 15.3 Å². The van der Waals surface area contributed by atoms with E-state index in [4.69, 9.17) is 4.74 Å². The molecule has 1 aliphatic heterocycles. The van der Waals surface area contributed by atoms with E-state index in [2.05, 4.69) is 34.2 Å². The van der Waals surface area contributed by atoms with Gasteiger partial charge < -0.3 is 15.0 Å². The molecule has 1 saturated heterocycles. The van der Waals surface area contributed by atoms with Crippen molar-refractivity contribution in [2.75, 3.05) is 38.2 Å². The lowest BCUT2D eigenvalue weighted by Crippen LogP contribution is -2.34. The average Bonchev–Trinajstić information content (AvgIpc) is 2.46. The first-order valence-corrected chi connectivity index (χ1v) is 7.16. The summed E-state index contributed by atoms with van der Waals surface area (Å²) in [5.74, 6) is 2.26. The highest BCUT2D eigenvalue weighted by Crippen LogP contribution is 2.18. The van der Waals surface area contributed by atoms with Gasteiger partial charge in [0.1, 0.15) is 0 Å². The first kappa shape index (κ1) is 14.1. The Kier molecular flexibility index (Phi) is 5.39. The molecule has 0 bridgehead atoms. The van der Waals surface area contributed by atoms with Crippen LogP contribution < -0.4 is 15.0 Å². The van der Waals surface area contributed by atoms with Crippen LogP contribution in [0.25, 0.3) is 0 Å². The predicted molar refractivity (Wildman–Crippen MR) is 76.7 cm³/mol. The van der Waals surface area contributed by atoms with Crippen molar-refractivity contribution in [3.05, 3.63) is 12.4 Å². The first-order chi connectivity index (χ1) is 9.29. The minimum atomic E-state index is 0.622. The van der Waals surface area contributed by atoms with Crippen molar-refractivity contribution in [1.29, 1.82) is 0 Å². The lowest BCUT2D eigenvalue weighted by atomic mass is 9.98. The second kappa shape index (κ2) is 7.28. The second-order valence-electron chi connectivity index (χ2n) is 5.14. The van der Waals surface area contributed by atoms with Gasteiger partial charge in [0.2, 0.25) is 5.88 Å². The predicted octanol–water partition coefficient (Wildman–Crippen LogP) is 1.70. The van der Waals surface area contributed by atoms with Gasteiger partial charge in [-0.3, -0.25) is 4.98 Å². The molecule has 19 heavy (non-hydrogen) atoms. The molecule has 106 valence electrons. The molecule has 0 saturated carbocycles. The van der Waals surface area contributed by atoms with Crippen molar-refractivity contribution in [2.45, 2.75) is 26.2 Å². The fourth-order valence-corrected chi connectivity index (χ4v) is 2.34. The summed E-state index contributed by atoms with van der Waals surface area (Å²) in [6.45, 7) is 6.07. The van der Waals surface area contributed by atoms with Crippen LogP contribution in [0, 0.1) is 5.92 Å². The number of hydrogen-bond acceptors (Lipinski definition) is 5. The van der Waals surface area contributed by atoms with Crippen LogP contribution in [0.2, 0.25) is 0 Å². The monoisotopic (exact) mass is 264 g/mol. The molecule has 0 unspecified atom stereocenters. The number of nitrogens with one attached hydrogen (secondary N) is 1. The number of piperidine rings is 1.